The predicted octanol–water partition coefficient (Wildman–Crippen LogP) is 8.09. The Bertz CT molecular complexity index is 1210. The molecule has 0 saturated heterocycles. The van der Waals surface area contributed by atoms with Crippen LogP contribution >= 0.6 is 0 Å². The van der Waals surface area contributed by atoms with Crippen LogP contribution in [-0.4, -0.2) is 40.4 Å². The average molecular weight is 603 g/mol. The SMILES string of the molecule is C=C(C)[C@@H]1CC[C@]2(C(=O)O)CC[C@]3(C)[C@H](CC[C@@H]4[C@@]5(C)C[C@@H](F)[C@H](OC(=O)CC(C)(C)C(=O)O)C(C)(C)[C@@H]5CC[C@]43C)[C@@H]12. The molecular weight excluding hydrogens is 547 g/mol. The summed E-state index contributed by atoms with van der Waals surface area (Å²) in [6, 6.07) is 0. The van der Waals surface area contributed by atoms with Gasteiger partial charge in [-0.1, -0.05) is 46.8 Å². The Morgan fingerprint density at radius 2 is 1.56 bits per heavy atom. The highest BCUT2D eigenvalue weighted by atomic mass is 19.1. The molecule has 5 aliphatic carbocycles. The van der Waals surface area contributed by atoms with Gasteiger partial charge in [0.25, 0.3) is 0 Å². The maximum atomic E-state index is 16.4. The number of fused-ring (bicyclic) bond motifs is 7. The molecule has 0 amide bonds. The normalized spacial score (nSPS) is 46.9. The van der Waals surface area contributed by atoms with Gasteiger partial charge in [-0.2, -0.15) is 0 Å². The summed E-state index contributed by atoms with van der Waals surface area (Å²) >= 11 is 0. The fourth-order valence-corrected chi connectivity index (χ4v) is 12.4. The number of aliphatic carboxylic acids is 2. The lowest BCUT2D eigenvalue weighted by Crippen LogP contribution is -2.68. The average Bonchev–Trinajstić information content (AvgIpc) is 3.28. The topological polar surface area (TPSA) is 101 Å². The van der Waals surface area contributed by atoms with Crippen molar-refractivity contribution in [3.8, 4) is 0 Å². The van der Waals surface area contributed by atoms with Gasteiger partial charge in [0.1, 0.15) is 12.3 Å². The van der Waals surface area contributed by atoms with E-state index in [1.807, 2.05) is 13.8 Å². The van der Waals surface area contributed by atoms with Crippen LogP contribution < -0.4 is 0 Å². The number of ether oxygens (including phenoxy) is 1. The number of hydrogen-bond acceptors (Lipinski definition) is 4. The van der Waals surface area contributed by atoms with E-state index in [2.05, 4.69) is 34.3 Å². The first-order valence-corrected chi connectivity index (χ1v) is 16.6. The van der Waals surface area contributed by atoms with Crippen molar-refractivity contribution < 1.29 is 33.7 Å². The van der Waals surface area contributed by atoms with Crippen LogP contribution in [0.25, 0.3) is 0 Å². The van der Waals surface area contributed by atoms with Crippen LogP contribution in [-0.2, 0) is 19.1 Å². The summed E-state index contributed by atoms with van der Waals surface area (Å²) in [6.45, 7) is 20.6. The molecule has 0 spiro atoms. The second kappa shape index (κ2) is 10.0. The molecule has 5 fully saturated rings. The summed E-state index contributed by atoms with van der Waals surface area (Å²) in [4.78, 5) is 37.4. The fourth-order valence-electron chi connectivity index (χ4n) is 12.4. The number of alkyl halides is 1. The first-order chi connectivity index (χ1) is 19.7. The maximum Gasteiger partial charge on any atom is 0.309 e. The minimum Gasteiger partial charge on any atom is -0.481 e. The Hall–Kier alpha value is -1.92. The molecule has 5 aliphatic rings. The molecule has 0 heterocycles. The highest BCUT2D eigenvalue weighted by Crippen LogP contribution is 2.77. The molecule has 7 heteroatoms. The first-order valence-electron chi connectivity index (χ1n) is 16.6. The molecule has 0 aliphatic heterocycles. The number of carboxylic acid groups (broad SMARTS) is 2. The van der Waals surface area contributed by atoms with Gasteiger partial charge in [-0.05, 0) is 124 Å². The van der Waals surface area contributed by atoms with Crippen LogP contribution in [0.1, 0.15) is 120 Å². The summed E-state index contributed by atoms with van der Waals surface area (Å²) in [5.74, 6) is -1.31. The largest absolute Gasteiger partial charge is 0.481 e. The van der Waals surface area contributed by atoms with Crippen LogP contribution in [0.4, 0.5) is 4.39 Å². The number of carboxylic acids is 2. The van der Waals surface area contributed by atoms with Crippen molar-refractivity contribution in [2.45, 2.75) is 132 Å². The lowest BCUT2D eigenvalue weighted by atomic mass is 9.32. The molecule has 5 saturated carbocycles. The van der Waals surface area contributed by atoms with Crippen LogP contribution in [0.5, 0.6) is 0 Å². The van der Waals surface area contributed by atoms with E-state index in [4.69, 9.17) is 4.74 Å². The molecule has 0 unspecified atom stereocenters. The number of carbonyl (C=O) groups is 3. The number of hydrogen-bond donors (Lipinski definition) is 2. The van der Waals surface area contributed by atoms with Crippen LogP contribution in [0.3, 0.4) is 0 Å². The Morgan fingerprint density at radius 1 is 0.907 bits per heavy atom. The van der Waals surface area contributed by atoms with E-state index in [1.54, 1.807) is 0 Å². The zero-order chi connectivity index (χ0) is 32.1. The minimum atomic E-state index is -1.34. The Morgan fingerprint density at radius 3 is 2.14 bits per heavy atom. The predicted molar refractivity (Wildman–Crippen MR) is 163 cm³/mol. The molecule has 6 nitrogen and oxygen atoms in total. The van der Waals surface area contributed by atoms with Crippen molar-refractivity contribution in [3.05, 3.63) is 12.2 Å². The lowest BCUT2D eigenvalue weighted by Gasteiger charge is -2.73. The summed E-state index contributed by atoms with van der Waals surface area (Å²) in [5.41, 5.74) is -1.85. The monoisotopic (exact) mass is 602 g/mol. The van der Waals surface area contributed by atoms with Gasteiger partial charge in [-0.15, -0.1) is 0 Å². The standard InChI is InChI=1S/C36H55FO6/c1-20(2)21-12-15-36(30(41)42)17-16-34(8)22(27(21)36)10-11-25-33(7)18-23(37)28(43-26(38)19-31(3,4)29(39)40)32(5,6)24(33)13-14-35(25,34)9/h21-25,27-28H,1,10-19H2,2-9H3,(H,39,40)(H,41,42)/t21-,22+,23+,24-,25+,27+,28-,33-,34+,35+,36-/m0/s1. The van der Waals surface area contributed by atoms with Crippen molar-refractivity contribution in [1.29, 1.82) is 0 Å². The van der Waals surface area contributed by atoms with Crippen molar-refractivity contribution >= 4 is 17.9 Å². The van der Waals surface area contributed by atoms with E-state index in [9.17, 15) is 24.6 Å². The summed E-state index contributed by atoms with van der Waals surface area (Å²) < 4.78 is 22.3. The molecule has 0 aromatic carbocycles. The van der Waals surface area contributed by atoms with Gasteiger partial charge in [0.15, 0.2) is 0 Å². The zero-order valence-electron chi connectivity index (χ0n) is 27.7. The van der Waals surface area contributed by atoms with E-state index >= 15 is 4.39 Å². The van der Waals surface area contributed by atoms with Crippen LogP contribution in [0, 0.1) is 62.1 Å². The summed E-state index contributed by atoms with van der Waals surface area (Å²) in [6.07, 6.45) is 4.80. The van der Waals surface area contributed by atoms with E-state index < -0.39 is 46.4 Å². The molecular formula is C36H55FO6. The number of esters is 1. The smallest absolute Gasteiger partial charge is 0.309 e. The molecule has 0 aromatic rings. The molecule has 11 atom stereocenters. The number of rotatable bonds is 6. The number of allylic oxidation sites excluding steroid dienone is 1. The molecule has 0 bridgehead atoms. The Balaban J connectivity index is 1.45. The van der Waals surface area contributed by atoms with Crippen molar-refractivity contribution in [3.63, 3.8) is 0 Å². The van der Waals surface area contributed by atoms with Crippen LogP contribution in [0.2, 0.25) is 0 Å². The second-order valence-corrected chi connectivity index (χ2v) is 17.5. The molecule has 0 radical (unpaired) electrons. The van der Waals surface area contributed by atoms with Gasteiger partial charge in [0.2, 0.25) is 0 Å². The van der Waals surface area contributed by atoms with Crippen molar-refractivity contribution in [2.24, 2.45) is 62.1 Å². The van der Waals surface area contributed by atoms with Crippen molar-refractivity contribution in [2.75, 3.05) is 0 Å². The van der Waals surface area contributed by atoms with E-state index in [0.29, 0.717) is 18.8 Å². The summed E-state index contributed by atoms with van der Waals surface area (Å²) in [7, 11) is 0. The Labute approximate surface area is 257 Å². The number of halogens is 1. The lowest BCUT2D eigenvalue weighted by molar-refractivity contribution is -0.260. The van der Waals surface area contributed by atoms with Gasteiger partial charge in [0.05, 0.1) is 17.3 Å². The first kappa shape index (κ1) is 32.5. The molecule has 5 rings (SSSR count). The van der Waals surface area contributed by atoms with Crippen molar-refractivity contribution in [1.82, 2.24) is 0 Å². The molecule has 2 N–H and O–H groups in total. The van der Waals surface area contributed by atoms with E-state index in [0.717, 1.165) is 50.5 Å². The zero-order valence-corrected chi connectivity index (χ0v) is 27.7. The quantitative estimate of drug-likeness (QED) is 0.235. The molecule has 242 valence electrons. The maximum absolute atomic E-state index is 16.4. The second-order valence-electron chi connectivity index (χ2n) is 17.5. The van der Waals surface area contributed by atoms with Gasteiger partial charge >= 0.3 is 17.9 Å². The molecule has 43 heavy (non-hydrogen) atoms. The Kier molecular flexibility index (Phi) is 7.58. The summed E-state index contributed by atoms with van der Waals surface area (Å²) in [5, 5.41) is 20.1. The van der Waals surface area contributed by atoms with Gasteiger partial charge in [-0.25, -0.2) is 4.39 Å². The third-order valence-corrected chi connectivity index (χ3v) is 14.8. The highest BCUT2D eigenvalue weighted by Gasteiger charge is 2.73. The minimum absolute atomic E-state index is 0.0484. The van der Waals surface area contributed by atoms with Crippen LogP contribution in [0.15, 0.2) is 12.2 Å². The highest BCUT2D eigenvalue weighted by molar-refractivity contribution is 5.81. The third kappa shape index (κ3) is 4.39. The van der Waals surface area contributed by atoms with Gasteiger partial charge in [-0.3, -0.25) is 14.4 Å². The van der Waals surface area contributed by atoms with E-state index in [1.165, 1.54) is 13.8 Å². The van der Waals surface area contributed by atoms with Gasteiger partial charge < -0.3 is 14.9 Å². The number of carbonyl (C=O) groups excluding carboxylic acids is 1. The fraction of sp³-hybridized carbons (Fsp3) is 0.861. The third-order valence-electron chi connectivity index (χ3n) is 14.8. The van der Waals surface area contributed by atoms with E-state index in [-0.39, 0.29) is 46.3 Å². The van der Waals surface area contributed by atoms with Gasteiger partial charge in [0, 0.05) is 5.41 Å². The molecule has 0 aromatic heterocycles.